The van der Waals surface area contributed by atoms with Gasteiger partial charge in [0, 0.05) is 5.69 Å². The van der Waals surface area contributed by atoms with E-state index >= 15 is 0 Å². The normalized spacial score (nSPS) is 11.1. The summed E-state index contributed by atoms with van der Waals surface area (Å²) < 4.78 is 2.00. The highest BCUT2D eigenvalue weighted by atomic mass is 15.2. The molecular formula is C17H19N3. The fraction of sp³-hybridized carbons (Fsp3) is 0.235. The minimum atomic E-state index is 0.535. The number of nitrogens with zero attached hydrogens (tertiary/aromatic N) is 2. The van der Waals surface area contributed by atoms with Crippen LogP contribution in [0.4, 0.5) is 5.95 Å². The Balaban J connectivity index is 2.00. The van der Waals surface area contributed by atoms with Crippen molar-refractivity contribution in [2.75, 3.05) is 5.73 Å². The van der Waals surface area contributed by atoms with Gasteiger partial charge in [-0.25, -0.2) is 4.98 Å². The second kappa shape index (κ2) is 5.37. The number of para-hydroxylation sites is 2. The number of anilines is 1. The number of nitrogens with two attached hydrogens (primary N) is 1. The highest BCUT2D eigenvalue weighted by molar-refractivity contribution is 5.80. The summed E-state index contributed by atoms with van der Waals surface area (Å²) in [6.45, 7) is 2.21. The summed E-state index contributed by atoms with van der Waals surface area (Å²) >= 11 is 0. The van der Waals surface area contributed by atoms with E-state index in [9.17, 15) is 0 Å². The zero-order valence-electron chi connectivity index (χ0n) is 11.7. The molecular weight excluding hydrogens is 246 g/mol. The lowest BCUT2D eigenvalue weighted by Crippen LogP contribution is -2.00. The summed E-state index contributed by atoms with van der Waals surface area (Å²) in [7, 11) is 0. The second-order valence-electron chi connectivity index (χ2n) is 5.06. The van der Waals surface area contributed by atoms with Gasteiger partial charge in [0.1, 0.15) is 0 Å². The number of aromatic nitrogens is 2. The highest BCUT2D eigenvalue weighted by Crippen LogP contribution is 2.23. The van der Waals surface area contributed by atoms with Crippen molar-refractivity contribution in [1.82, 2.24) is 9.55 Å². The third-order valence-electron chi connectivity index (χ3n) is 3.60. The molecule has 0 aliphatic rings. The van der Waals surface area contributed by atoms with Crippen molar-refractivity contribution in [3.8, 4) is 5.69 Å². The van der Waals surface area contributed by atoms with Crippen molar-refractivity contribution in [2.24, 2.45) is 0 Å². The molecule has 0 aliphatic heterocycles. The Labute approximate surface area is 119 Å². The quantitative estimate of drug-likeness (QED) is 0.776. The lowest BCUT2D eigenvalue weighted by Gasteiger charge is -2.07. The summed E-state index contributed by atoms with van der Waals surface area (Å²) in [5.41, 5.74) is 10.5. The zero-order chi connectivity index (χ0) is 13.9. The number of unbranched alkanes of at least 4 members (excludes halogenated alkanes) is 1. The summed E-state index contributed by atoms with van der Waals surface area (Å²) in [5, 5.41) is 0. The molecule has 0 saturated heterocycles. The summed E-state index contributed by atoms with van der Waals surface area (Å²) in [6.07, 6.45) is 3.59. The minimum Gasteiger partial charge on any atom is -0.369 e. The highest BCUT2D eigenvalue weighted by Gasteiger charge is 2.08. The third kappa shape index (κ3) is 2.27. The molecule has 1 heterocycles. The van der Waals surface area contributed by atoms with Gasteiger partial charge < -0.3 is 5.73 Å². The van der Waals surface area contributed by atoms with E-state index in [1.54, 1.807) is 0 Å². The summed E-state index contributed by atoms with van der Waals surface area (Å²) in [5.74, 6) is 0.535. The topological polar surface area (TPSA) is 43.8 Å². The van der Waals surface area contributed by atoms with Gasteiger partial charge in [-0.2, -0.15) is 0 Å². The fourth-order valence-electron chi connectivity index (χ4n) is 2.51. The van der Waals surface area contributed by atoms with Crippen molar-refractivity contribution in [1.29, 1.82) is 0 Å². The smallest absolute Gasteiger partial charge is 0.205 e. The Morgan fingerprint density at radius 3 is 2.55 bits per heavy atom. The molecule has 0 bridgehead atoms. The average molecular weight is 265 g/mol. The monoisotopic (exact) mass is 265 g/mol. The van der Waals surface area contributed by atoms with E-state index in [0.29, 0.717) is 5.95 Å². The van der Waals surface area contributed by atoms with E-state index in [2.05, 4.69) is 36.2 Å². The van der Waals surface area contributed by atoms with Crippen LogP contribution in [0.15, 0.2) is 48.5 Å². The first-order valence-corrected chi connectivity index (χ1v) is 7.12. The van der Waals surface area contributed by atoms with Gasteiger partial charge in [-0.1, -0.05) is 37.6 Å². The fourth-order valence-corrected chi connectivity index (χ4v) is 2.51. The SMILES string of the molecule is CCCCc1ccc(-n2c(N)nc3ccccc32)cc1. The molecule has 3 aromatic rings. The van der Waals surface area contributed by atoms with Crippen LogP contribution in [0, 0.1) is 0 Å². The van der Waals surface area contributed by atoms with Crippen molar-refractivity contribution in [3.05, 3.63) is 54.1 Å². The first kappa shape index (κ1) is 12.7. The molecule has 0 fully saturated rings. The Morgan fingerprint density at radius 2 is 1.80 bits per heavy atom. The number of hydrogen-bond donors (Lipinski definition) is 1. The van der Waals surface area contributed by atoms with E-state index in [4.69, 9.17) is 5.73 Å². The van der Waals surface area contributed by atoms with Crippen LogP contribution in [0.2, 0.25) is 0 Å². The van der Waals surface area contributed by atoms with Gasteiger partial charge in [0.15, 0.2) is 0 Å². The van der Waals surface area contributed by atoms with E-state index in [0.717, 1.165) is 23.1 Å². The van der Waals surface area contributed by atoms with Crippen molar-refractivity contribution in [2.45, 2.75) is 26.2 Å². The number of aryl methyl sites for hydroxylation is 1. The molecule has 3 nitrogen and oxygen atoms in total. The number of imidazole rings is 1. The van der Waals surface area contributed by atoms with Crippen LogP contribution in [-0.2, 0) is 6.42 Å². The van der Waals surface area contributed by atoms with Gasteiger partial charge in [0.2, 0.25) is 5.95 Å². The molecule has 3 heteroatoms. The van der Waals surface area contributed by atoms with Crippen LogP contribution in [0.3, 0.4) is 0 Å². The van der Waals surface area contributed by atoms with Crippen molar-refractivity contribution < 1.29 is 0 Å². The molecule has 0 spiro atoms. The van der Waals surface area contributed by atoms with Crippen molar-refractivity contribution in [3.63, 3.8) is 0 Å². The van der Waals surface area contributed by atoms with Crippen LogP contribution in [-0.4, -0.2) is 9.55 Å². The summed E-state index contributed by atoms with van der Waals surface area (Å²) in [4.78, 5) is 4.40. The van der Waals surface area contributed by atoms with Crippen LogP contribution in [0.5, 0.6) is 0 Å². The molecule has 102 valence electrons. The van der Waals surface area contributed by atoms with E-state index in [-0.39, 0.29) is 0 Å². The largest absolute Gasteiger partial charge is 0.369 e. The van der Waals surface area contributed by atoms with Gasteiger partial charge in [-0.05, 0) is 42.7 Å². The molecule has 2 N–H and O–H groups in total. The first-order valence-electron chi connectivity index (χ1n) is 7.12. The second-order valence-corrected chi connectivity index (χ2v) is 5.06. The molecule has 0 amide bonds. The molecule has 0 atom stereocenters. The number of hydrogen-bond acceptors (Lipinski definition) is 2. The lowest BCUT2D eigenvalue weighted by atomic mass is 10.1. The maximum atomic E-state index is 6.06. The predicted octanol–water partition coefficient (Wildman–Crippen LogP) is 3.95. The van der Waals surface area contributed by atoms with Gasteiger partial charge in [0.25, 0.3) is 0 Å². The van der Waals surface area contributed by atoms with E-state index in [1.165, 1.54) is 18.4 Å². The molecule has 1 aromatic heterocycles. The van der Waals surface area contributed by atoms with Gasteiger partial charge in [-0.15, -0.1) is 0 Å². The molecule has 2 aromatic carbocycles. The Kier molecular flexibility index (Phi) is 3.42. The predicted molar refractivity (Wildman–Crippen MR) is 84.1 cm³/mol. The Hall–Kier alpha value is -2.29. The maximum absolute atomic E-state index is 6.06. The zero-order valence-corrected chi connectivity index (χ0v) is 11.7. The average Bonchev–Trinajstić information content (AvgIpc) is 2.81. The van der Waals surface area contributed by atoms with E-state index < -0.39 is 0 Å². The van der Waals surface area contributed by atoms with Gasteiger partial charge in [-0.3, -0.25) is 4.57 Å². The van der Waals surface area contributed by atoms with Crippen LogP contribution in [0.1, 0.15) is 25.3 Å². The first-order chi connectivity index (χ1) is 9.79. The standard InChI is InChI=1S/C17H19N3/c1-2-3-6-13-9-11-14(12-10-13)20-16-8-5-4-7-15(16)19-17(20)18/h4-5,7-12H,2-3,6H2,1H3,(H2,18,19). The minimum absolute atomic E-state index is 0.535. The molecule has 0 saturated carbocycles. The molecule has 0 radical (unpaired) electrons. The summed E-state index contributed by atoms with van der Waals surface area (Å²) in [6, 6.07) is 16.6. The molecule has 0 aliphatic carbocycles. The van der Waals surface area contributed by atoms with Crippen molar-refractivity contribution >= 4 is 17.0 Å². The van der Waals surface area contributed by atoms with Crippen LogP contribution in [0.25, 0.3) is 16.7 Å². The number of benzene rings is 2. The number of nitrogen functional groups attached to an aromatic ring is 1. The van der Waals surface area contributed by atoms with Gasteiger partial charge >= 0.3 is 0 Å². The third-order valence-corrected chi connectivity index (χ3v) is 3.60. The number of fused-ring (bicyclic) bond motifs is 1. The molecule has 20 heavy (non-hydrogen) atoms. The van der Waals surface area contributed by atoms with Crippen LogP contribution < -0.4 is 5.73 Å². The van der Waals surface area contributed by atoms with Crippen LogP contribution >= 0.6 is 0 Å². The Morgan fingerprint density at radius 1 is 1.05 bits per heavy atom. The number of rotatable bonds is 4. The Bertz CT molecular complexity index is 711. The maximum Gasteiger partial charge on any atom is 0.205 e. The van der Waals surface area contributed by atoms with E-state index in [1.807, 2.05) is 28.8 Å². The molecule has 0 unspecified atom stereocenters. The lowest BCUT2D eigenvalue weighted by molar-refractivity contribution is 0.795. The van der Waals surface area contributed by atoms with Gasteiger partial charge in [0.05, 0.1) is 11.0 Å². The molecule has 3 rings (SSSR count).